The van der Waals surface area contributed by atoms with Crippen LogP contribution >= 0.6 is 0 Å². The Labute approximate surface area is 164 Å². The number of hydrogen-bond donors (Lipinski definition) is 1. The van der Waals surface area contributed by atoms with E-state index < -0.39 is 5.97 Å². The Morgan fingerprint density at radius 1 is 1.00 bits per heavy atom. The highest BCUT2D eigenvalue weighted by Gasteiger charge is 2.15. The van der Waals surface area contributed by atoms with Gasteiger partial charge in [0.1, 0.15) is 13.2 Å². The Morgan fingerprint density at radius 3 is 2.36 bits per heavy atom. The van der Waals surface area contributed by atoms with Gasteiger partial charge >= 0.3 is 5.97 Å². The van der Waals surface area contributed by atoms with E-state index in [-0.39, 0.29) is 18.9 Å². The lowest BCUT2D eigenvalue weighted by atomic mass is 10.0. The molecule has 0 saturated heterocycles. The van der Waals surface area contributed by atoms with Gasteiger partial charge in [0.05, 0.1) is 6.42 Å². The van der Waals surface area contributed by atoms with Crippen LogP contribution in [0.25, 0.3) is 0 Å². The molecule has 2 aromatic rings. The summed E-state index contributed by atoms with van der Waals surface area (Å²) in [6.07, 6.45) is 1.69. The summed E-state index contributed by atoms with van der Waals surface area (Å²) in [7, 11) is 0. The van der Waals surface area contributed by atoms with Gasteiger partial charge in [-0.3, -0.25) is 9.59 Å². The van der Waals surface area contributed by atoms with Crippen LogP contribution in [0, 0.1) is 0 Å². The van der Waals surface area contributed by atoms with Crippen LogP contribution in [0.5, 0.6) is 11.5 Å². The number of anilines is 1. The molecule has 1 heterocycles. The number of nitrogens with one attached hydrogen (secondary N) is 1. The van der Waals surface area contributed by atoms with Gasteiger partial charge in [-0.2, -0.15) is 0 Å². The van der Waals surface area contributed by atoms with Gasteiger partial charge in [-0.05, 0) is 41.7 Å². The van der Waals surface area contributed by atoms with Gasteiger partial charge in [0.2, 0.25) is 0 Å². The normalized spacial score (nSPS) is 12.4. The minimum absolute atomic E-state index is 0.0652. The maximum atomic E-state index is 12.3. The smallest absolute Gasteiger partial charge is 0.310 e. The predicted octanol–water partition coefficient (Wildman–Crippen LogP) is 3.31. The second kappa shape index (κ2) is 9.26. The Hall–Kier alpha value is -3.02. The van der Waals surface area contributed by atoms with Crippen molar-refractivity contribution in [3.8, 4) is 11.5 Å². The van der Waals surface area contributed by atoms with Crippen molar-refractivity contribution in [2.45, 2.75) is 33.1 Å². The van der Waals surface area contributed by atoms with Crippen molar-refractivity contribution in [1.82, 2.24) is 0 Å². The van der Waals surface area contributed by atoms with Crippen LogP contribution in [0.4, 0.5) is 5.69 Å². The molecule has 0 bridgehead atoms. The molecule has 0 unspecified atom stereocenters. The second-order valence-electron chi connectivity index (χ2n) is 6.52. The molecule has 0 atom stereocenters. The van der Waals surface area contributed by atoms with Crippen molar-refractivity contribution >= 4 is 17.6 Å². The van der Waals surface area contributed by atoms with E-state index in [2.05, 4.69) is 5.32 Å². The quantitative estimate of drug-likeness (QED) is 0.743. The molecule has 0 aliphatic carbocycles. The van der Waals surface area contributed by atoms with Gasteiger partial charge in [-0.15, -0.1) is 0 Å². The first-order valence-corrected chi connectivity index (χ1v) is 9.55. The zero-order valence-electron chi connectivity index (χ0n) is 16.2. The standard InChI is InChI=1S/C22H25NO5/c1-3-16-6-5-7-17(4-2)22(16)23-20(24)14-28-21(25)13-15-8-9-18-19(12-15)27-11-10-26-18/h5-9,12H,3-4,10-11,13-14H2,1-2H3,(H,23,24). The first kappa shape index (κ1) is 19.7. The Morgan fingerprint density at radius 2 is 1.68 bits per heavy atom. The van der Waals surface area contributed by atoms with Crippen LogP contribution in [-0.4, -0.2) is 31.7 Å². The number of rotatable bonds is 7. The summed E-state index contributed by atoms with van der Waals surface area (Å²) in [6, 6.07) is 11.3. The van der Waals surface area contributed by atoms with E-state index in [0.717, 1.165) is 35.2 Å². The highest BCUT2D eigenvalue weighted by Crippen LogP contribution is 2.31. The zero-order valence-corrected chi connectivity index (χ0v) is 16.2. The number of esters is 1. The molecular formula is C22H25NO5. The van der Waals surface area contributed by atoms with E-state index in [0.29, 0.717) is 24.7 Å². The van der Waals surface area contributed by atoms with Crippen LogP contribution in [0.2, 0.25) is 0 Å². The molecule has 1 amide bonds. The number of aryl methyl sites for hydroxylation is 2. The summed E-state index contributed by atoms with van der Waals surface area (Å²) in [5.74, 6) is 0.485. The number of fused-ring (bicyclic) bond motifs is 1. The molecule has 1 aliphatic rings. The predicted molar refractivity (Wildman–Crippen MR) is 106 cm³/mol. The molecular weight excluding hydrogens is 358 g/mol. The van der Waals surface area contributed by atoms with Crippen LogP contribution < -0.4 is 14.8 Å². The Bertz CT molecular complexity index is 840. The minimum Gasteiger partial charge on any atom is -0.486 e. The third-order valence-electron chi connectivity index (χ3n) is 4.58. The summed E-state index contributed by atoms with van der Waals surface area (Å²) in [6.45, 7) is 4.77. The van der Waals surface area contributed by atoms with Crippen molar-refractivity contribution in [3.63, 3.8) is 0 Å². The van der Waals surface area contributed by atoms with E-state index >= 15 is 0 Å². The number of ether oxygens (including phenoxy) is 3. The first-order chi connectivity index (χ1) is 13.6. The Balaban J connectivity index is 1.54. The van der Waals surface area contributed by atoms with E-state index in [1.807, 2.05) is 32.0 Å². The molecule has 28 heavy (non-hydrogen) atoms. The molecule has 6 nitrogen and oxygen atoms in total. The molecule has 0 fully saturated rings. The average molecular weight is 383 g/mol. The lowest BCUT2D eigenvalue weighted by Crippen LogP contribution is -2.23. The average Bonchev–Trinajstić information content (AvgIpc) is 2.72. The van der Waals surface area contributed by atoms with E-state index in [1.54, 1.807) is 18.2 Å². The summed E-state index contributed by atoms with van der Waals surface area (Å²) in [5, 5.41) is 2.89. The number of amides is 1. The summed E-state index contributed by atoms with van der Waals surface area (Å²) in [5.41, 5.74) is 3.70. The molecule has 0 aromatic heterocycles. The van der Waals surface area contributed by atoms with Gasteiger partial charge in [0.25, 0.3) is 5.91 Å². The van der Waals surface area contributed by atoms with Crippen LogP contribution in [0.15, 0.2) is 36.4 Å². The van der Waals surface area contributed by atoms with Gasteiger partial charge < -0.3 is 19.5 Å². The highest BCUT2D eigenvalue weighted by molar-refractivity contribution is 5.94. The molecule has 6 heteroatoms. The lowest BCUT2D eigenvalue weighted by Gasteiger charge is -2.18. The molecule has 1 aliphatic heterocycles. The van der Waals surface area contributed by atoms with Crippen molar-refractivity contribution in [2.75, 3.05) is 25.1 Å². The molecule has 0 spiro atoms. The molecule has 3 rings (SSSR count). The van der Waals surface area contributed by atoms with Crippen LogP contribution in [-0.2, 0) is 33.6 Å². The SMILES string of the molecule is CCc1cccc(CC)c1NC(=O)COC(=O)Cc1ccc2c(c1)OCCO2. The fraction of sp³-hybridized carbons (Fsp3) is 0.364. The summed E-state index contributed by atoms with van der Waals surface area (Å²) < 4.78 is 16.1. The first-order valence-electron chi connectivity index (χ1n) is 9.55. The van der Waals surface area contributed by atoms with Crippen LogP contribution in [0.3, 0.4) is 0 Å². The Kier molecular flexibility index (Phi) is 6.53. The van der Waals surface area contributed by atoms with Gasteiger partial charge in [-0.1, -0.05) is 38.1 Å². The molecule has 0 radical (unpaired) electrons. The van der Waals surface area contributed by atoms with Crippen molar-refractivity contribution in [3.05, 3.63) is 53.1 Å². The van der Waals surface area contributed by atoms with E-state index in [9.17, 15) is 9.59 Å². The van der Waals surface area contributed by atoms with Crippen LogP contribution in [0.1, 0.15) is 30.5 Å². The fourth-order valence-corrected chi connectivity index (χ4v) is 3.14. The van der Waals surface area contributed by atoms with Gasteiger partial charge in [-0.25, -0.2) is 0 Å². The minimum atomic E-state index is -0.466. The highest BCUT2D eigenvalue weighted by atomic mass is 16.6. The van der Waals surface area contributed by atoms with Crippen molar-refractivity contribution in [2.24, 2.45) is 0 Å². The largest absolute Gasteiger partial charge is 0.486 e. The molecule has 148 valence electrons. The van der Waals surface area contributed by atoms with E-state index in [1.165, 1.54) is 0 Å². The maximum Gasteiger partial charge on any atom is 0.310 e. The number of benzene rings is 2. The summed E-state index contributed by atoms with van der Waals surface area (Å²) >= 11 is 0. The van der Waals surface area contributed by atoms with Gasteiger partial charge in [0, 0.05) is 5.69 Å². The molecule has 2 aromatic carbocycles. The third-order valence-corrected chi connectivity index (χ3v) is 4.58. The monoisotopic (exact) mass is 383 g/mol. The number of para-hydroxylation sites is 1. The van der Waals surface area contributed by atoms with Crippen molar-refractivity contribution in [1.29, 1.82) is 0 Å². The van der Waals surface area contributed by atoms with Crippen molar-refractivity contribution < 1.29 is 23.8 Å². The number of carbonyl (C=O) groups is 2. The summed E-state index contributed by atoms with van der Waals surface area (Å²) in [4.78, 5) is 24.4. The third kappa shape index (κ3) is 4.82. The van der Waals surface area contributed by atoms with E-state index in [4.69, 9.17) is 14.2 Å². The maximum absolute atomic E-state index is 12.3. The number of hydrogen-bond acceptors (Lipinski definition) is 5. The number of carbonyl (C=O) groups excluding carboxylic acids is 2. The lowest BCUT2D eigenvalue weighted by molar-refractivity contribution is -0.146. The molecule has 0 saturated carbocycles. The topological polar surface area (TPSA) is 73.9 Å². The fourth-order valence-electron chi connectivity index (χ4n) is 3.14. The van der Waals surface area contributed by atoms with Gasteiger partial charge in [0.15, 0.2) is 18.1 Å². The second-order valence-corrected chi connectivity index (χ2v) is 6.52. The zero-order chi connectivity index (χ0) is 19.9. The molecule has 1 N–H and O–H groups in total.